The highest BCUT2D eigenvalue weighted by Crippen LogP contribution is 2.22. The molecule has 0 amide bonds. The van der Waals surface area contributed by atoms with Gasteiger partial charge in [0.1, 0.15) is 0 Å². The average Bonchev–Trinajstić information content (AvgIpc) is 2.89. The second-order valence-corrected chi connectivity index (χ2v) is 5.70. The third-order valence-corrected chi connectivity index (χ3v) is 4.54. The van der Waals surface area contributed by atoms with Crippen molar-refractivity contribution >= 4 is 11.3 Å². The molecular weight excluding hydrogens is 238 g/mol. The van der Waals surface area contributed by atoms with E-state index in [1.54, 1.807) is 0 Å². The largest absolute Gasteiger partial charge is 0.305 e. The Morgan fingerprint density at radius 1 is 1.17 bits per heavy atom. The van der Waals surface area contributed by atoms with Crippen molar-refractivity contribution < 1.29 is 0 Å². The van der Waals surface area contributed by atoms with Crippen molar-refractivity contribution in [3.8, 4) is 0 Å². The highest BCUT2D eigenvalue weighted by molar-refractivity contribution is 7.10. The molecule has 0 radical (unpaired) electrons. The molecule has 0 saturated heterocycles. The molecule has 2 aromatic rings. The lowest BCUT2D eigenvalue weighted by Crippen LogP contribution is -2.20. The van der Waals surface area contributed by atoms with Crippen LogP contribution in [0.1, 0.15) is 41.0 Å². The van der Waals surface area contributed by atoms with Gasteiger partial charge in [-0.25, -0.2) is 0 Å². The first kappa shape index (κ1) is 13.3. The zero-order valence-electron chi connectivity index (χ0n) is 11.4. The van der Waals surface area contributed by atoms with Crippen LogP contribution in [-0.2, 0) is 6.54 Å². The topological polar surface area (TPSA) is 12.0 Å². The lowest BCUT2D eigenvalue weighted by atomic mass is 10.0. The predicted octanol–water partition coefficient (Wildman–Crippen LogP) is 4.61. The van der Waals surface area contributed by atoms with Crippen LogP contribution in [0.3, 0.4) is 0 Å². The van der Waals surface area contributed by atoms with Crippen LogP contribution in [0.5, 0.6) is 0 Å². The molecule has 0 bridgehead atoms. The van der Waals surface area contributed by atoms with Gasteiger partial charge >= 0.3 is 0 Å². The molecule has 0 aliphatic heterocycles. The van der Waals surface area contributed by atoms with Crippen LogP contribution < -0.4 is 5.32 Å². The van der Waals surface area contributed by atoms with Gasteiger partial charge in [0.25, 0.3) is 0 Å². The Labute approximate surface area is 114 Å². The molecule has 0 aliphatic carbocycles. The minimum atomic E-state index is 0.477. The Morgan fingerprint density at radius 3 is 2.67 bits per heavy atom. The van der Waals surface area contributed by atoms with E-state index in [2.05, 4.69) is 61.8 Å². The molecule has 1 aromatic heterocycles. The van der Waals surface area contributed by atoms with Crippen molar-refractivity contribution in [3.05, 3.63) is 57.3 Å². The Balaban J connectivity index is 2.04. The molecule has 1 aromatic carbocycles. The molecule has 0 saturated carbocycles. The van der Waals surface area contributed by atoms with E-state index < -0.39 is 0 Å². The summed E-state index contributed by atoms with van der Waals surface area (Å²) in [5.41, 5.74) is 4.19. The first-order chi connectivity index (χ1) is 8.72. The van der Waals surface area contributed by atoms with E-state index in [1.807, 2.05) is 11.3 Å². The maximum absolute atomic E-state index is 3.67. The summed E-state index contributed by atoms with van der Waals surface area (Å²) in [6, 6.07) is 11.4. The number of rotatable bonds is 5. The zero-order chi connectivity index (χ0) is 13.0. The number of hydrogen-bond acceptors (Lipinski definition) is 2. The monoisotopic (exact) mass is 259 g/mol. The van der Waals surface area contributed by atoms with Crippen molar-refractivity contribution in [1.29, 1.82) is 0 Å². The highest BCUT2D eigenvalue weighted by atomic mass is 32.1. The molecule has 1 nitrogen and oxygen atoms in total. The molecule has 0 fully saturated rings. The quantitative estimate of drug-likeness (QED) is 0.827. The first-order valence-corrected chi connectivity index (χ1v) is 7.42. The number of thiophene rings is 1. The predicted molar refractivity (Wildman–Crippen MR) is 80.1 cm³/mol. The summed E-state index contributed by atoms with van der Waals surface area (Å²) < 4.78 is 0. The van der Waals surface area contributed by atoms with Crippen LogP contribution in [-0.4, -0.2) is 0 Å². The lowest BCUT2D eigenvalue weighted by molar-refractivity contribution is 0.525. The van der Waals surface area contributed by atoms with Gasteiger partial charge in [-0.2, -0.15) is 0 Å². The summed E-state index contributed by atoms with van der Waals surface area (Å²) in [7, 11) is 0. The van der Waals surface area contributed by atoms with E-state index >= 15 is 0 Å². The summed E-state index contributed by atoms with van der Waals surface area (Å²) in [4.78, 5) is 1.43. The molecule has 96 valence electrons. The molecule has 1 heterocycles. The maximum Gasteiger partial charge on any atom is 0.0414 e. The Hall–Kier alpha value is -1.12. The van der Waals surface area contributed by atoms with Crippen LogP contribution in [0.25, 0.3) is 0 Å². The van der Waals surface area contributed by atoms with Crippen molar-refractivity contribution in [3.63, 3.8) is 0 Å². The lowest BCUT2D eigenvalue weighted by Gasteiger charge is -2.17. The van der Waals surface area contributed by atoms with E-state index in [1.165, 1.54) is 21.6 Å². The second kappa shape index (κ2) is 6.17. The number of nitrogens with one attached hydrogen (secondary N) is 1. The van der Waals surface area contributed by atoms with Crippen molar-refractivity contribution in [2.75, 3.05) is 0 Å². The molecule has 2 rings (SSSR count). The first-order valence-electron chi connectivity index (χ1n) is 6.54. The standard InChI is InChI=1S/C16H21NS/c1-4-15(16-9-6-10-18-16)17-11-14-8-5-7-12(2)13(14)3/h5-10,15,17H,4,11H2,1-3H3. The van der Waals surface area contributed by atoms with E-state index in [4.69, 9.17) is 0 Å². The van der Waals surface area contributed by atoms with Crippen LogP contribution in [0.4, 0.5) is 0 Å². The third-order valence-electron chi connectivity index (χ3n) is 3.55. The zero-order valence-corrected chi connectivity index (χ0v) is 12.2. The van der Waals surface area contributed by atoms with Gasteiger partial charge in [0.2, 0.25) is 0 Å². The normalized spacial score (nSPS) is 12.6. The van der Waals surface area contributed by atoms with E-state index in [0.717, 1.165) is 13.0 Å². The summed E-state index contributed by atoms with van der Waals surface area (Å²) in [6.45, 7) is 7.57. The third kappa shape index (κ3) is 3.01. The Bertz CT molecular complexity index is 488. The SMILES string of the molecule is CCC(NCc1cccc(C)c1C)c1cccs1. The van der Waals surface area contributed by atoms with Crippen LogP contribution in [0.15, 0.2) is 35.7 Å². The van der Waals surface area contributed by atoms with E-state index in [0.29, 0.717) is 6.04 Å². The van der Waals surface area contributed by atoms with Gasteiger partial charge < -0.3 is 5.32 Å². The molecule has 0 spiro atoms. The number of hydrogen-bond donors (Lipinski definition) is 1. The fraction of sp³-hybridized carbons (Fsp3) is 0.375. The average molecular weight is 259 g/mol. The van der Waals surface area contributed by atoms with Crippen molar-refractivity contribution in [1.82, 2.24) is 5.32 Å². The van der Waals surface area contributed by atoms with Crippen LogP contribution in [0, 0.1) is 13.8 Å². The molecule has 0 aliphatic rings. The summed E-state index contributed by atoms with van der Waals surface area (Å²) in [5, 5.41) is 5.82. The summed E-state index contributed by atoms with van der Waals surface area (Å²) >= 11 is 1.84. The fourth-order valence-electron chi connectivity index (χ4n) is 2.17. The summed E-state index contributed by atoms with van der Waals surface area (Å²) in [6.07, 6.45) is 1.13. The van der Waals surface area contributed by atoms with Crippen molar-refractivity contribution in [2.24, 2.45) is 0 Å². The number of aryl methyl sites for hydroxylation is 1. The second-order valence-electron chi connectivity index (χ2n) is 4.72. The van der Waals surface area contributed by atoms with E-state index in [-0.39, 0.29) is 0 Å². The molecule has 2 heteroatoms. The Kier molecular flexibility index (Phi) is 4.56. The molecule has 1 N–H and O–H groups in total. The number of benzene rings is 1. The summed E-state index contributed by atoms with van der Waals surface area (Å²) in [5.74, 6) is 0. The smallest absolute Gasteiger partial charge is 0.0414 e. The molecule has 18 heavy (non-hydrogen) atoms. The van der Waals surface area contributed by atoms with E-state index in [9.17, 15) is 0 Å². The van der Waals surface area contributed by atoms with Gasteiger partial charge in [0.05, 0.1) is 0 Å². The minimum absolute atomic E-state index is 0.477. The van der Waals surface area contributed by atoms with Gasteiger partial charge in [-0.1, -0.05) is 31.2 Å². The van der Waals surface area contributed by atoms with Gasteiger partial charge in [0, 0.05) is 17.5 Å². The van der Waals surface area contributed by atoms with Gasteiger partial charge in [-0.05, 0) is 48.4 Å². The van der Waals surface area contributed by atoms with Crippen molar-refractivity contribution in [2.45, 2.75) is 39.8 Å². The Morgan fingerprint density at radius 2 is 2.00 bits per heavy atom. The molecule has 1 atom stereocenters. The fourth-order valence-corrected chi connectivity index (χ4v) is 3.06. The minimum Gasteiger partial charge on any atom is -0.305 e. The highest BCUT2D eigenvalue weighted by Gasteiger charge is 2.10. The van der Waals surface area contributed by atoms with Gasteiger partial charge in [0.15, 0.2) is 0 Å². The van der Waals surface area contributed by atoms with Crippen LogP contribution >= 0.6 is 11.3 Å². The van der Waals surface area contributed by atoms with Crippen LogP contribution in [0.2, 0.25) is 0 Å². The van der Waals surface area contributed by atoms with Gasteiger partial charge in [-0.15, -0.1) is 11.3 Å². The molecular formula is C16H21NS. The van der Waals surface area contributed by atoms with Gasteiger partial charge in [-0.3, -0.25) is 0 Å². The molecule has 1 unspecified atom stereocenters. The maximum atomic E-state index is 3.67.